The van der Waals surface area contributed by atoms with E-state index in [1.165, 1.54) is 6.42 Å². The predicted molar refractivity (Wildman–Crippen MR) is 120 cm³/mol. The topological polar surface area (TPSA) is 49.0 Å². The highest BCUT2D eigenvalue weighted by atomic mass is 35.5. The van der Waals surface area contributed by atoms with Crippen LogP contribution in [-0.2, 0) is 0 Å². The summed E-state index contributed by atoms with van der Waals surface area (Å²) in [6, 6.07) is 11.9. The molecule has 0 bridgehead atoms. The molecule has 1 aromatic carbocycles. The fourth-order valence-corrected chi connectivity index (χ4v) is 5.19. The van der Waals surface area contributed by atoms with E-state index in [-0.39, 0.29) is 5.91 Å². The van der Waals surface area contributed by atoms with Crippen LogP contribution in [-0.4, -0.2) is 33.9 Å². The van der Waals surface area contributed by atoms with Crippen LogP contribution in [0.15, 0.2) is 54.2 Å². The molecule has 0 spiro atoms. The van der Waals surface area contributed by atoms with Gasteiger partial charge in [0, 0.05) is 57.5 Å². The average Bonchev–Trinajstić information content (AvgIpc) is 3.43. The van der Waals surface area contributed by atoms with Crippen LogP contribution in [0.5, 0.6) is 0 Å². The Balaban J connectivity index is 1.45. The Hall–Kier alpha value is -2.63. The molecule has 0 unspecified atom stereocenters. The number of hydrogen-bond acceptors (Lipinski definition) is 3. The minimum atomic E-state index is 0.0794. The van der Waals surface area contributed by atoms with Gasteiger partial charge in [-0.05, 0) is 60.5 Å². The molecule has 4 aromatic rings. The Bertz CT molecular complexity index is 1190. The zero-order valence-corrected chi connectivity index (χ0v) is 17.4. The number of aromatic amines is 1. The van der Waals surface area contributed by atoms with Crippen LogP contribution in [0.4, 0.5) is 0 Å². The Morgan fingerprint density at radius 1 is 1.07 bits per heavy atom. The van der Waals surface area contributed by atoms with Gasteiger partial charge < -0.3 is 9.88 Å². The molecule has 29 heavy (non-hydrogen) atoms. The number of carbonyl (C=O) groups excluding carboxylic acids is 1. The maximum absolute atomic E-state index is 12.7. The molecule has 146 valence electrons. The molecule has 1 N–H and O–H groups in total. The highest BCUT2D eigenvalue weighted by Gasteiger charge is 2.19. The number of amides is 1. The van der Waals surface area contributed by atoms with Gasteiger partial charge in [-0.25, -0.2) is 4.98 Å². The lowest BCUT2D eigenvalue weighted by Gasteiger charge is -2.26. The predicted octanol–water partition coefficient (Wildman–Crippen LogP) is 6.24. The SMILES string of the molecule is O=C(c1ccc(-c2csc(-c3ccnc4[nH]ccc34)c2)c(Cl)c1)N1CCCCC1. The van der Waals surface area contributed by atoms with Crippen molar-refractivity contribution in [3.05, 3.63) is 64.8 Å². The first kappa shape index (κ1) is 18.4. The number of halogens is 1. The number of H-pyrrole nitrogens is 1. The molecular formula is C23H20ClN3OS. The molecule has 1 aliphatic heterocycles. The number of piperidine rings is 1. The number of aromatic nitrogens is 2. The van der Waals surface area contributed by atoms with Gasteiger partial charge >= 0.3 is 0 Å². The fraction of sp³-hybridized carbons (Fsp3) is 0.217. The monoisotopic (exact) mass is 421 g/mol. The number of fused-ring (bicyclic) bond motifs is 1. The number of pyridine rings is 1. The van der Waals surface area contributed by atoms with Crippen molar-refractivity contribution < 1.29 is 4.79 Å². The number of rotatable bonds is 3. The van der Waals surface area contributed by atoms with Gasteiger partial charge in [-0.1, -0.05) is 17.7 Å². The molecule has 1 saturated heterocycles. The first-order valence-corrected chi connectivity index (χ1v) is 11.1. The van der Waals surface area contributed by atoms with Gasteiger partial charge in [0.25, 0.3) is 5.91 Å². The summed E-state index contributed by atoms with van der Waals surface area (Å²) in [5.41, 5.74) is 4.71. The summed E-state index contributed by atoms with van der Waals surface area (Å²) in [7, 11) is 0. The summed E-state index contributed by atoms with van der Waals surface area (Å²) in [5, 5.41) is 3.83. The van der Waals surface area contributed by atoms with Crippen LogP contribution in [0.1, 0.15) is 29.6 Å². The van der Waals surface area contributed by atoms with Gasteiger partial charge in [-0.2, -0.15) is 0 Å². The molecule has 1 fully saturated rings. The van der Waals surface area contributed by atoms with Crippen molar-refractivity contribution in [3.8, 4) is 21.6 Å². The second-order valence-electron chi connectivity index (χ2n) is 7.35. The third-order valence-electron chi connectivity index (χ3n) is 5.50. The van der Waals surface area contributed by atoms with E-state index in [1.807, 2.05) is 47.6 Å². The number of hydrogen-bond donors (Lipinski definition) is 1. The van der Waals surface area contributed by atoms with Crippen molar-refractivity contribution in [3.63, 3.8) is 0 Å². The third-order valence-corrected chi connectivity index (χ3v) is 6.77. The molecule has 4 nitrogen and oxygen atoms in total. The van der Waals surface area contributed by atoms with Crippen molar-refractivity contribution in [1.29, 1.82) is 0 Å². The first-order chi connectivity index (χ1) is 14.2. The third kappa shape index (κ3) is 3.45. The smallest absolute Gasteiger partial charge is 0.253 e. The molecule has 3 aromatic heterocycles. The van der Waals surface area contributed by atoms with Crippen molar-refractivity contribution in [2.45, 2.75) is 19.3 Å². The maximum Gasteiger partial charge on any atom is 0.253 e. The van der Waals surface area contributed by atoms with Crippen LogP contribution in [0, 0.1) is 0 Å². The van der Waals surface area contributed by atoms with E-state index < -0.39 is 0 Å². The lowest BCUT2D eigenvalue weighted by molar-refractivity contribution is 0.0724. The van der Waals surface area contributed by atoms with Crippen LogP contribution < -0.4 is 0 Å². The second kappa shape index (κ2) is 7.65. The van der Waals surface area contributed by atoms with E-state index in [0.29, 0.717) is 10.6 Å². The van der Waals surface area contributed by atoms with Gasteiger partial charge in [0.1, 0.15) is 5.65 Å². The summed E-state index contributed by atoms with van der Waals surface area (Å²) in [6.45, 7) is 1.68. The van der Waals surface area contributed by atoms with E-state index in [9.17, 15) is 4.79 Å². The molecule has 0 radical (unpaired) electrons. The van der Waals surface area contributed by atoms with E-state index in [2.05, 4.69) is 21.4 Å². The number of nitrogens with zero attached hydrogens (tertiary/aromatic N) is 2. The summed E-state index contributed by atoms with van der Waals surface area (Å²) in [4.78, 5) is 23.4. The van der Waals surface area contributed by atoms with Gasteiger partial charge in [-0.3, -0.25) is 4.79 Å². The molecule has 5 rings (SSSR count). The number of benzene rings is 1. The van der Waals surface area contributed by atoms with Crippen LogP contribution >= 0.6 is 22.9 Å². The molecule has 1 aliphatic rings. The first-order valence-electron chi connectivity index (χ1n) is 9.81. The van der Waals surface area contributed by atoms with Gasteiger partial charge in [0.15, 0.2) is 0 Å². The minimum Gasteiger partial charge on any atom is -0.346 e. The van der Waals surface area contributed by atoms with E-state index in [1.54, 1.807) is 11.3 Å². The van der Waals surface area contributed by atoms with Crippen molar-refractivity contribution in [2.75, 3.05) is 13.1 Å². The molecule has 0 atom stereocenters. The molecule has 4 heterocycles. The number of nitrogens with one attached hydrogen (secondary N) is 1. The Morgan fingerprint density at radius 3 is 2.76 bits per heavy atom. The largest absolute Gasteiger partial charge is 0.346 e. The van der Waals surface area contributed by atoms with Crippen molar-refractivity contribution in [2.24, 2.45) is 0 Å². The quantitative estimate of drug-likeness (QED) is 0.425. The summed E-state index contributed by atoms with van der Waals surface area (Å²) >= 11 is 8.28. The Kier molecular flexibility index (Phi) is 4.86. The lowest BCUT2D eigenvalue weighted by Crippen LogP contribution is -2.35. The lowest BCUT2D eigenvalue weighted by atomic mass is 10.0. The summed E-state index contributed by atoms with van der Waals surface area (Å²) < 4.78 is 0. The van der Waals surface area contributed by atoms with Crippen molar-refractivity contribution >= 4 is 39.9 Å². The van der Waals surface area contributed by atoms with Gasteiger partial charge in [-0.15, -0.1) is 11.3 Å². The number of thiophene rings is 1. The van der Waals surface area contributed by atoms with Gasteiger partial charge in [0.05, 0.1) is 0 Å². The standard InChI is InChI=1S/C23H20ClN3OS/c24-20-12-15(23(28)27-10-2-1-3-11-27)4-5-17(20)16-13-21(29-14-16)18-6-8-25-22-19(18)7-9-26-22/h4-9,12-14H,1-3,10-11H2,(H,25,26). The molecule has 0 aliphatic carbocycles. The number of carbonyl (C=O) groups is 1. The molecule has 6 heteroatoms. The molecule has 1 amide bonds. The highest BCUT2D eigenvalue weighted by molar-refractivity contribution is 7.14. The van der Waals surface area contributed by atoms with Crippen LogP contribution in [0.2, 0.25) is 5.02 Å². The second-order valence-corrected chi connectivity index (χ2v) is 8.66. The summed E-state index contributed by atoms with van der Waals surface area (Å²) in [5.74, 6) is 0.0794. The Morgan fingerprint density at radius 2 is 1.93 bits per heavy atom. The van der Waals surface area contributed by atoms with Gasteiger partial charge in [0.2, 0.25) is 0 Å². The average molecular weight is 422 g/mol. The fourth-order valence-electron chi connectivity index (χ4n) is 3.96. The van der Waals surface area contributed by atoms with E-state index in [0.717, 1.165) is 58.5 Å². The highest BCUT2D eigenvalue weighted by Crippen LogP contribution is 2.38. The molecule has 0 saturated carbocycles. The minimum absolute atomic E-state index is 0.0794. The van der Waals surface area contributed by atoms with Crippen LogP contribution in [0.25, 0.3) is 32.6 Å². The summed E-state index contributed by atoms with van der Waals surface area (Å²) in [6.07, 6.45) is 7.10. The Labute approximate surface area is 178 Å². The van der Waals surface area contributed by atoms with E-state index >= 15 is 0 Å². The number of likely N-dealkylation sites (tertiary alicyclic amines) is 1. The molecular weight excluding hydrogens is 402 g/mol. The maximum atomic E-state index is 12.7. The normalized spacial score (nSPS) is 14.4. The van der Waals surface area contributed by atoms with Crippen LogP contribution in [0.3, 0.4) is 0 Å². The zero-order valence-electron chi connectivity index (χ0n) is 15.8. The van der Waals surface area contributed by atoms with E-state index in [4.69, 9.17) is 11.6 Å². The van der Waals surface area contributed by atoms with Crippen molar-refractivity contribution in [1.82, 2.24) is 14.9 Å². The zero-order chi connectivity index (χ0) is 19.8.